The van der Waals surface area contributed by atoms with Crippen LogP contribution in [0.5, 0.6) is 11.5 Å². The molecule has 0 radical (unpaired) electrons. The van der Waals surface area contributed by atoms with Gasteiger partial charge in [0.2, 0.25) is 5.43 Å². The Labute approximate surface area is 260 Å². The lowest BCUT2D eigenvalue weighted by Gasteiger charge is -2.48. The second-order valence-corrected chi connectivity index (χ2v) is 12.2. The van der Waals surface area contributed by atoms with E-state index in [1.54, 1.807) is 0 Å². The molecule has 0 aliphatic carbocycles. The van der Waals surface area contributed by atoms with Crippen molar-refractivity contribution in [2.24, 2.45) is 0 Å². The molecule has 7 aromatic rings. The zero-order chi connectivity index (χ0) is 30.3. The lowest BCUT2D eigenvalue weighted by atomic mass is 9.61. The summed E-state index contributed by atoms with van der Waals surface area (Å²) in [6.07, 6.45) is 0. The van der Waals surface area contributed by atoms with Crippen molar-refractivity contribution in [1.29, 1.82) is 0 Å². The summed E-state index contributed by atoms with van der Waals surface area (Å²) in [5.74, 6) is 2.09. The first kappa shape index (κ1) is 25.8. The van der Waals surface area contributed by atoms with Crippen LogP contribution >= 0.6 is 0 Å². The topological polar surface area (TPSA) is 42.7 Å². The molecule has 0 N–H and O–H groups in total. The van der Waals surface area contributed by atoms with Crippen molar-refractivity contribution in [3.63, 3.8) is 0 Å². The number of hydrogen-bond acceptors (Lipinski definition) is 4. The minimum atomic E-state index is -0.613. The van der Waals surface area contributed by atoms with Gasteiger partial charge in [-0.2, -0.15) is 0 Å². The smallest absolute Gasteiger partial charge is 0.200 e. The highest BCUT2D eigenvalue weighted by Gasteiger charge is 2.51. The minimum Gasteiger partial charge on any atom is -0.457 e. The number of rotatable bonds is 2. The van der Waals surface area contributed by atoms with E-state index in [0.717, 1.165) is 39.7 Å². The summed E-state index contributed by atoms with van der Waals surface area (Å²) in [5.41, 5.74) is 9.44. The van der Waals surface area contributed by atoms with Gasteiger partial charge in [0, 0.05) is 22.9 Å². The number of nitrogens with zero attached hydrogens (tertiary/aromatic N) is 1. The van der Waals surface area contributed by atoms with Crippen LogP contribution in [0, 0.1) is 0 Å². The van der Waals surface area contributed by atoms with Crippen LogP contribution < -0.4 is 15.1 Å². The van der Waals surface area contributed by atoms with Crippen molar-refractivity contribution in [3.8, 4) is 11.5 Å². The second-order valence-electron chi connectivity index (χ2n) is 12.2. The summed E-state index contributed by atoms with van der Waals surface area (Å²) >= 11 is 0. The molecule has 3 heterocycles. The molecule has 1 aromatic heterocycles. The van der Waals surface area contributed by atoms with Gasteiger partial charge in [-0.3, -0.25) is 4.79 Å². The zero-order valence-electron chi connectivity index (χ0n) is 25.0. The van der Waals surface area contributed by atoms with Crippen molar-refractivity contribution >= 4 is 39.0 Å². The molecule has 0 bridgehead atoms. The first-order chi connectivity index (χ1) is 22.1. The van der Waals surface area contributed by atoms with E-state index in [1.165, 1.54) is 16.7 Å². The lowest BCUT2D eigenvalue weighted by molar-refractivity contribution is 0.433. The maximum absolute atomic E-state index is 13.4. The lowest BCUT2D eigenvalue weighted by Crippen LogP contribution is -2.39. The molecule has 45 heavy (non-hydrogen) atoms. The molecular weight excluding hydrogens is 554 g/mol. The second kappa shape index (κ2) is 9.44. The number of ether oxygens (including phenoxy) is 1. The highest BCUT2D eigenvalue weighted by Crippen LogP contribution is 2.62. The Morgan fingerprint density at radius 1 is 0.578 bits per heavy atom. The van der Waals surface area contributed by atoms with Crippen LogP contribution in [-0.2, 0) is 5.41 Å². The monoisotopic (exact) mass is 583 g/mol. The van der Waals surface area contributed by atoms with E-state index in [2.05, 4.69) is 104 Å². The summed E-state index contributed by atoms with van der Waals surface area (Å²) in [7, 11) is 0. The molecule has 0 saturated carbocycles. The van der Waals surface area contributed by atoms with E-state index >= 15 is 0 Å². The first-order valence-electron chi connectivity index (χ1n) is 15.4. The Kier molecular flexibility index (Phi) is 5.42. The Morgan fingerprint density at radius 2 is 1.20 bits per heavy atom. The fraction of sp³-hybridized carbons (Fsp3) is 0.0976. The van der Waals surface area contributed by atoms with E-state index in [1.807, 2.05) is 48.5 Å². The molecule has 2 aliphatic heterocycles. The minimum absolute atomic E-state index is 0.0202. The average Bonchev–Trinajstić information content (AvgIpc) is 3.08. The van der Waals surface area contributed by atoms with Gasteiger partial charge < -0.3 is 14.1 Å². The van der Waals surface area contributed by atoms with Gasteiger partial charge in [0.25, 0.3) is 0 Å². The maximum Gasteiger partial charge on any atom is 0.200 e. The molecule has 216 valence electrons. The van der Waals surface area contributed by atoms with Crippen LogP contribution in [0.3, 0.4) is 0 Å². The number of hydrogen-bond donors (Lipinski definition) is 0. The summed E-state index contributed by atoms with van der Waals surface area (Å²) in [6.45, 7) is 4.47. The molecule has 0 fully saturated rings. The number of para-hydroxylation sites is 4. The third kappa shape index (κ3) is 3.51. The van der Waals surface area contributed by atoms with E-state index in [0.29, 0.717) is 27.9 Å². The molecule has 0 unspecified atom stereocenters. The van der Waals surface area contributed by atoms with Crippen LogP contribution in [0.4, 0.5) is 17.1 Å². The molecule has 6 aromatic carbocycles. The van der Waals surface area contributed by atoms with Gasteiger partial charge in [-0.05, 0) is 71.1 Å². The standard InChI is InChI=1S/C41H29NO3/c1-25(2)26-19-22-38-33(23-26)41(32-14-6-10-18-37(32)45-38)30-12-4-7-15-34(30)42(35-16-8-5-13-31(35)41)27-20-21-29-39(24-27)44-36-17-9-3-11-28(36)40(29)43/h3-25H,1-2H3. The van der Waals surface area contributed by atoms with E-state index in [9.17, 15) is 4.79 Å². The molecule has 1 spiro atoms. The van der Waals surface area contributed by atoms with Crippen LogP contribution in [0.15, 0.2) is 143 Å². The van der Waals surface area contributed by atoms with Crippen LogP contribution in [-0.4, -0.2) is 0 Å². The predicted octanol–water partition coefficient (Wildman–Crippen LogP) is 10.3. The first-order valence-corrected chi connectivity index (χ1v) is 15.4. The third-order valence-corrected chi connectivity index (χ3v) is 9.50. The van der Waals surface area contributed by atoms with Crippen molar-refractivity contribution in [2.45, 2.75) is 25.2 Å². The zero-order valence-corrected chi connectivity index (χ0v) is 25.0. The van der Waals surface area contributed by atoms with Crippen LogP contribution in [0.25, 0.3) is 21.9 Å². The quantitative estimate of drug-likeness (QED) is 0.190. The highest BCUT2D eigenvalue weighted by atomic mass is 16.5. The third-order valence-electron chi connectivity index (χ3n) is 9.50. The molecule has 0 amide bonds. The molecule has 0 saturated heterocycles. The molecule has 9 rings (SSSR count). The summed E-state index contributed by atoms with van der Waals surface area (Å²) in [6, 6.07) is 45.8. The van der Waals surface area contributed by atoms with Gasteiger partial charge in [0.1, 0.15) is 22.7 Å². The van der Waals surface area contributed by atoms with Crippen molar-refractivity contribution in [3.05, 3.63) is 172 Å². The molecule has 0 atom stereocenters. The predicted molar refractivity (Wildman–Crippen MR) is 181 cm³/mol. The van der Waals surface area contributed by atoms with Gasteiger partial charge in [-0.25, -0.2) is 0 Å². The average molecular weight is 584 g/mol. The normalized spacial score (nSPS) is 14.2. The van der Waals surface area contributed by atoms with Crippen molar-refractivity contribution in [2.75, 3.05) is 4.90 Å². The largest absolute Gasteiger partial charge is 0.457 e. The summed E-state index contributed by atoms with van der Waals surface area (Å²) in [5, 5.41) is 1.16. The molecule has 2 aliphatic rings. The molecular formula is C41H29NO3. The molecule has 4 nitrogen and oxygen atoms in total. The SMILES string of the molecule is CC(C)c1ccc2c(c1)C1(c3ccccc3O2)c2ccccc2N(c2ccc3c(=O)c4ccccc4oc3c2)c2ccccc21. The number of fused-ring (bicyclic) bond motifs is 10. The number of benzene rings is 6. The Morgan fingerprint density at radius 3 is 1.96 bits per heavy atom. The van der Waals surface area contributed by atoms with Gasteiger partial charge in [-0.1, -0.05) is 92.7 Å². The van der Waals surface area contributed by atoms with Gasteiger partial charge in [-0.15, -0.1) is 0 Å². The fourth-order valence-electron chi connectivity index (χ4n) is 7.45. The Hall–Kier alpha value is -5.61. The van der Waals surface area contributed by atoms with Crippen LogP contribution in [0.1, 0.15) is 47.6 Å². The fourth-order valence-corrected chi connectivity index (χ4v) is 7.45. The van der Waals surface area contributed by atoms with E-state index in [4.69, 9.17) is 9.15 Å². The van der Waals surface area contributed by atoms with Crippen molar-refractivity contribution < 1.29 is 9.15 Å². The van der Waals surface area contributed by atoms with Gasteiger partial charge in [0.15, 0.2) is 0 Å². The Bertz CT molecular complexity index is 2340. The maximum atomic E-state index is 13.4. The van der Waals surface area contributed by atoms with Crippen molar-refractivity contribution in [1.82, 2.24) is 0 Å². The summed E-state index contributed by atoms with van der Waals surface area (Å²) in [4.78, 5) is 15.7. The molecule has 4 heteroatoms. The highest BCUT2D eigenvalue weighted by molar-refractivity contribution is 5.95. The van der Waals surface area contributed by atoms with E-state index < -0.39 is 5.41 Å². The summed E-state index contributed by atoms with van der Waals surface area (Å²) < 4.78 is 12.9. The van der Waals surface area contributed by atoms with Gasteiger partial charge in [0.05, 0.1) is 27.6 Å². The van der Waals surface area contributed by atoms with Crippen LogP contribution in [0.2, 0.25) is 0 Å². The van der Waals surface area contributed by atoms with Gasteiger partial charge >= 0.3 is 0 Å². The number of anilines is 3. The van der Waals surface area contributed by atoms with E-state index in [-0.39, 0.29) is 5.43 Å². The Balaban J connectivity index is 1.37.